The SMILES string of the molecule is O=C([O-])[C@@H]1C[C@@H]1c1ccc(F)cc1. The Morgan fingerprint density at radius 1 is 1.38 bits per heavy atom. The van der Waals surface area contributed by atoms with E-state index < -0.39 is 5.97 Å². The first-order chi connectivity index (χ1) is 6.18. The molecular weight excluding hydrogens is 171 g/mol. The number of carbonyl (C=O) groups is 1. The van der Waals surface area contributed by atoms with Crippen molar-refractivity contribution in [3.8, 4) is 0 Å². The molecule has 1 aliphatic carbocycles. The van der Waals surface area contributed by atoms with Crippen LogP contribution in [0.3, 0.4) is 0 Å². The summed E-state index contributed by atoms with van der Waals surface area (Å²) in [6, 6.07) is 5.95. The Morgan fingerprint density at radius 2 is 2.00 bits per heavy atom. The van der Waals surface area contributed by atoms with Crippen molar-refractivity contribution in [3.63, 3.8) is 0 Å². The van der Waals surface area contributed by atoms with Gasteiger partial charge in [-0.25, -0.2) is 4.39 Å². The molecule has 2 nitrogen and oxygen atoms in total. The Bertz CT molecular complexity index is 331. The lowest BCUT2D eigenvalue weighted by Crippen LogP contribution is -2.24. The molecule has 0 N–H and O–H groups in total. The van der Waals surface area contributed by atoms with Crippen LogP contribution in [0.4, 0.5) is 4.39 Å². The Labute approximate surface area is 75.0 Å². The number of carboxylic acids is 1. The molecule has 2 atom stereocenters. The normalized spacial score (nSPS) is 25.6. The molecule has 68 valence electrons. The second-order valence-corrected chi connectivity index (χ2v) is 3.32. The third-order valence-electron chi connectivity index (χ3n) is 2.39. The summed E-state index contributed by atoms with van der Waals surface area (Å²) in [5, 5.41) is 10.4. The first-order valence-corrected chi connectivity index (χ1v) is 4.15. The number of halogens is 1. The van der Waals surface area contributed by atoms with Crippen molar-refractivity contribution in [2.45, 2.75) is 12.3 Å². The van der Waals surface area contributed by atoms with Crippen LogP contribution in [0.2, 0.25) is 0 Å². The van der Waals surface area contributed by atoms with Crippen LogP contribution in [-0.2, 0) is 4.79 Å². The first kappa shape index (κ1) is 8.23. The molecule has 0 spiro atoms. The predicted octanol–water partition coefficient (Wildman–Crippen LogP) is 0.679. The minimum Gasteiger partial charge on any atom is -0.550 e. The Hall–Kier alpha value is -1.38. The van der Waals surface area contributed by atoms with E-state index in [4.69, 9.17) is 0 Å². The number of benzene rings is 1. The van der Waals surface area contributed by atoms with E-state index in [-0.39, 0.29) is 17.7 Å². The summed E-state index contributed by atoms with van der Waals surface area (Å²) in [6.45, 7) is 0. The number of carboxylic acid groups (broad SMARTS) is 1. The minimum absolute atomic E-state index is 0.0330. The van der Waals surface area contributed by atoms with Crippen molar-refractivity contribution in [1.29, 1.82) is 0 Å². The summed E-state index contributed by atoms with van der Waals surface area (Å²) in [6.07, 6.45) is 0.619. The van der Waals surface area contributed by atoms with Gasteiger partial charge in [-0.2, -0.15) is 0 Å². The van der Waals surface area contributed by atoms with Gasteiger partial charge in [-0.05, 0) is 30.0 Å². The number of hydrogen-bond acceptors (Lipinski definition) is 2. The average Bonchev–Trinajstić information content (AvgIpc) is 2.85. The highest BCUT2D eigenvalue weighted by Crippen LogP contribution is 2.46. The average molecular weight is 179 g/mol. The second kappa shape index (κ2) is 2.83. The molecule has 1 aliphatic rings. The van der Waals surface area contributed by atoms with Gasteiger partial charge in [-0.3, -0.25) is 0 Å². The zero-order valence-corrected chi connectivity index (χ0v) is 6.87. The summed E-state index contributed by atoms with van der Waals surface area (Å²) in [5.41, 5.74) is 0.885. The molecule has 2 rings (SSSR count). The zero-order chi connectivity index (χ0) is 9.42. The van der Waals surface area contributed by atoms with Gasteiger partial charge < -0.3 is 9.90 Å². The smallest absolute Gasteiger partial charge is 0.123 e. The summed E-state index contributed by atoms with van der Waals surface area (Å²) >= 11 is 0. The van der Waals surface area contributed by atoms with E-state index in [0.29, 0.717) is 6.42 Å². The van der Waals surface area contributed by atoms with Crippen LogP contribution >= 0.6 is 0 Å². The van der Waals surface area contributed by atoms with E-state index in [0.717, 1.165) is 5.56 Å². The molecule has 3 heteroatoms. The van der Waals surface area contributed by atoms with Gasteiger partial charge in [0.1, 0.15) is 5.82 Å². The molecule has 1 aromatic rings. The van der Waals surface area contributed by atoms with Crippen LogP contribution in [0.5, 0.6) is 0 Å². The molecule has 1 aromatic carbocycles. The maximum absolute atomic E-state index is 12.5. The van der Waals surface area contributed by atoms with Gasteiger partial charge in [-0.15, -0.1) is 0 Å². The maximum atomic E-state index is 12.5. The van der Waals surface area contributed by atoms with Gasteiger partial charge >= 0.3 is 0 Å². The predicted molar refractivity (Wildman–Crippen MR) is 42.3 cm³/mol. The zero-order valence-electron chi connectivity index (χ0n) is 6.87. The molecule has 1 fully saturated rings. The lowest BCUT2D eigenvalue weighted by molar-refractivity contribution is -0.308. The van der Waals surface area contributed by atoms with Gasteiger partial charge in [-0.1, -0.05) is 12.1 Å². The first-order valence-electron chi connectivity index (χ1n) is 4.15. The summed E-state index contributed by atoms with van der Waals surface area (Å²) in [7, 11) is 0. The van der Waals surface area contributed by atoms with Crippen molar-refractivity contribution in [2.75, 3.05) is 0 Å². The van der Waals surface area contributed by atoms with Crippen LogP contribution in [0.15, 0.2) is 24.3 Å². The Balaban J connectivity index is 2.12. The van der Waals surface area contributed by atoms with Gasteiger partial charge in [0.25, 0.3) is 0 Å². The Kier molecular flexibility index (Phi) is 1.79. The highest BCUT2D eigenvalue weighted by atomic mass is 19.1. The van der Waals surface area contributed by atoms with Crippen molar-refractivity contribution in [1.82, 2.24) is 0 Å². The lowest BCUT2D eigenvalue weighted by Gasteiger charge is -2.00. The summed E-state index contributed by atoms with van der Waals surface area (Å²) < 4.78 is 12.5. The van der Waals surface area contributed by atoms with Gasteiger partial charge in [0.05, 0.1) is 0 Å². The van der Waals surface area contributed by atoms with E-state index in [9.17, 15) is 14.3 Å². The van der Waals surface area contributed by atoms with E-state index in [1.54, 1.807) is 12.1 Å². The highest BCUT2D eigenvalue weighted by molar-refractivity contribution is 5.73. The summed E-state index contributed by atoms with van der Waals surface area (Å²) in [5.74, 6) is -1.64. The molecule has 0 aliphatic heterocycles. The quantitative estimate of drug-likeness (QED) is 0.669. The van der Waals surface area contributed by atoms with Crippen LogP contribution in [-0.4, -0.2) is 5.97 Å². The number of hydrogen-bond donors (Lipinski definition) is 0. The fraction of sp³-hybridized carbons (Fsp3) is 0.300. The van der Waals surface area contributed by atoms with Crippen LogP contribution in [0.25, 0.3) is 0 Å². The lowest BCUT2D eigenvalue weighted by atomic mass is 10.1. The number of carbonyl (C=O) groups excluding carboxylic acids is 1. The van der Waals surface area contributed by atoms with Crippen molar-refractivity contribution in [3.05, 3.63) is 35.6 Å². The number of rotatable bonds is 2. The van der Waals surface area contributed by atoms with E-state index >= 15 is 0 Å². The third-order valence-corrected chi connectivity index (χ3v) is 2.39. The van der Waals surface area contributed by atoms with Crippen molar-refractivity contribution < 1.29 is 14.3 Å². The fourth-order valence-electron chi connectivity index (χ4n) is 1.53. The summed E-state index contributed by atoms with van der Waals surface area (Å²) in [4.78, 5) is 10.4. The maximum Gasteiger partial charge on any atom is 0.123 e. The third kappa shape index (κ3) is 1.54. The highest BCUT2D eigenvalue weighted by Gasteiger charge is 2.39. The van der Waals surface area contributed by atoms with Crippen LogP contribution in [0.1, 0.15) is 17.9 Å². The largest absolute Gasteiger partial charge is 0.550 e. The molecule has 0 amide bonds. The number of aliphatic carboxylic acids is 1. The molecule has 0 aromatic heterocycles. The van der Waals surface area contributed by atoms with Gasteiger partial charge in [0.15, 0.2) is 0 Å². The standard InChI is InChI=1S/C10H9FO2/c11-7-3-1-6(2-4-7)8-5-9(8)10(12)13/h1-4,8-9H,5H2,(H,12,13)/p-1/t8-,9-/m1/s1. The van der Waals surface area contributed by atoms with Crippen molar-refractivity contribution in [2.24, 2.45) is 5.92 Å². The van der Waals surface area contributed by atoms with E-state index in [1.165, 1.54) is 12.1 Å². The molecule has 13 heavy (non-hydrogen) atoms. The fourth-order valence-corrected chi connectivity index (χ4v) is 1.53. The minimum atomic E-state index is -1.01. The second-order valence-electron chi connectivity index (χ2n) is 3.32. The molecular formula is C10H8FO2-. The van der Waals surface area contributed by atoms with E-state index in [2.05, 4.69) is 0 Å². The molecule has 1 saturated carbocycles. The monoisotopic (exact) mass is 179 g/mol. The van der Waals surface area contributed by atoms with Crippen molar-refractivity contribution >= 4 is 5.97 Å². The van der Waals surface area contributed by atoms with Gasteiger partial charge in [0.2, 0.25) is 0 Å². The topological polar surface area (TPSA) is 40.1 Å². The van der Waals surface area contributed by atoms with E-state index in [1.807, 2.05) is 0 Å². The molecule has 0 unspecified atom stereocenters. The van der Waals surface area contributed by atoms with Crippen LogP contribution in [0, 0.1) is 11.7 Å². The Morgan fingerprint density at radius 3 is 2.46 bits per heavy atom. The van der Waals surface area contributed by atoms with Crippen LogP contribution < -0.4 is 5.11 Å². The van der Waals surface area contributed by atoms with Gasteiger partial charge in [0, 0.05) is 11.9 Å². The molecule has 0 bridgehead atoms. The molecule has 0 saturated heterocycles. The molecule has 0 heterocycles. The molecule has 0 radical (unpaired) electrons.